The van der Waals surface area contributed by atoms with E-state index in [-0.39, 0.29) is 0 Å². The van der Waals surface area contributed by atoms with Crippen LogP contribution in [0.2, 0.25) is 6.55 Å². The van der Waals surface area contributed by atoms with Gasteiger partial charge >= 0.3 is 18.8 Å². The molecule has 0 fully saturated rings. The van der Waals surface area contributed by atoms with Gasteiger partial charge in [-0.3, -0.25) is 0 Å². The predicted octanol–water partition coefficient (Wildman–Crippen LogP) is 0.552. The minimum Gasteiger partial charge on any atom is -0.399 e. The van der Waals surface area contributed by atoms with Crippen molar-refractivity contribution in [1.82, 2.24) is 0 Å². The topological polar surface area (TPSA) is 46.2 Å². The Morgan fingerprint density at radius 3 is 1.33 bits per heavy atom. The van der Waals surface area contributed by atoms with Gasteiger partial charge in [0.05, 0.1) is 0 Å². The normalized spacial score (nSPS) is 10.8. The summed E-state index contributed by atoms with van der Waals surface area (Å²) in [6.45, 7) is 7.38. The van der Waals surface area contributed by atoms with Gasteiger partial charge < -0.3 is 22.1 Å². The molecule has 0 rings (SSSR count). The largest absolute Gasteiger partial charge is 0.496 e. The molecule has 0 aliphatic heterocycles. The Morgan fingerprint density at radius 1 is 0.867 bits per heavy atom. The summed E-state index contributed by atoms with van der Waals surface area (Å²) in [4.78, 5) is 0. The van der Waals surface area contributed by atoms with Gasteiger partial charge in [-0.15, -0.1) is 0 Å². The van der Waals surface area contributed by atoms with Gasteiger partial charge in [0, 0.05) is 41.1 Å². The first-order valence-electron chi connectivity index (χ1n) is 4.91. The van der Waals surface area contributed by atoms with Crippen LogP contribution in [0.4, 0.5) is 0 Å². The Morgan fingerprint density at radius 2 is 1.20 bits per heavy atom. The second kappa shape index (κ2) is 12.3. The summed E-state index contributed by atoms with van der Waals surface area (Å²) >= 11 is 0. The van der Waals surface area contributed by atoms with Crippen molar-refractivity contribution in [2.75, 3.05) is 34.5 Å². The van der Waals surface area contributed by atoms with Crippen molar-refractivity contribution in [2.45, 2.75) is 20.4 Å². The van der Waals surface area contributed by atoms with Crippen LogP contribution < -0.4 is 0 Å². The fourth-order valence-electron chi connectivity index (χ4n) is 0.476. The first-order valence-corrected chi connectivity index (χ1v) is 8.29. The van der Waals surface area contributed by atoms with Gasteiger partial charge in [-0.2, -0.15) is 0 Å². The van der Waals surface area contributed by atoms with E-state index in [0.29, 0.717) is 0 Å². The average molecular weight is 256 g/mol. The Hall–Kier alpha value is 0.234. The van der Waals surface area contributed by atoms with Gasteiger partial charge in [-0.25, -0.2) is 0 Å². The molecule has 0 atom stereocenters. The average Bonchev–Trinajstić information content (AvgIpc) is 2.30. The number of hydrogen-bond donors (Lipinski definition) is 0. The second-order valence-corrected chi connectivity index (χ2v) is 6.58. The summed E-state index contributed by atoms with van der Waals surface area (Å²) in [5, 5.41) is 0. The molecule has 0 heterocycles. The van der Waals surface area contributed by atoms with Crippen LogP contribution in [0, 0.1) is 0 Å². The molecule has 0 radical (unpaired) electrons. The quantitative estimate of drug-likeness (QED) is 0.492. The lowest BCUT2D eigenvalue weighted by molar-refractivity contribution is 0.132. The van der Waals surface area contributed by atoms with Crippen molar-refractivity contribution < 1.29 is 22.1 Å². The lowest BCUT2D eigenvalue weighted by Gasteiger charge is -2.18. The molecule has 0 aliphatic rings. The van der Waals surface area contributed by atoms with Crippen molar-refractivity contribution in [3.63, 3.8) is 0 Å². The zero-order chi connectivity index (χ0) is 12.2. The van der Waals surface area contributed by atoms with Crippen molar-refractivity contribution in [3.8, 4) is 0 Å². The van der Waals surface area contributed by atoms with Crippen LogP contribution in [-0.2, 0) is 22.1 Å². The third-order valence-electron chi connectivity index (χ3n) is 1.69. The maximum atomic E-state index is 4.99. The smallest absolute Gasteiger partial charge is 0.399 e. The summed E-state index contributed by atoms with van der Waals surface area (Å²) in [7, 11) is 1.99. The second-order valence-electron chi connectivity index (χ2n) is 2.58. The summed E-state index contributed by atoms with van der Waals surface area (Å²) in [6, 6.07) is 0. The van der Waals surface area contributed by atoms with E-state index in [1.54, 1.807) is 21.3 Å². The Bertz CT molecular complexity index is 109. The summed E-state index contributed by atoms with van der Waals surface area (Å²) in [5.74, 6) is 0. The van der Waals surface area contributed by atoms with Gasteiger partial charge in [0.2, 0.25) is 0 Å². The van der Waals surface area contributed by atoms with Crippen LogP contribution in [0.25, 0.3) is 0 Å². The van der Waals surface area contributed by atoms with Crippen LogP contribution in [0.1, 0.15) is 13.8 Å². The molecular formula is C8H24O5Si2. The van der Waals surface area contributed by atoms with E-state index in [2.05, 4.69) is 0 Å². The zero-order valence-electron chi connectivity index (χ0n) is 10.7. The third kappa shape index (κ3) is 12.2. The molecular weight excluding hydrogens is 232 g/mol. The first-order chi connectivity index (χ1) is 7.10. The van der Waals surface area contributed by atoms with Gasteiger partial charge in [-0.1, -0.05) is 0 Å². The standard InChI is InChI=1S/C4H12O3Si.C4H12O2Si/c1-5-8(4,6-2)7-3;1-3-5-7-6-4-2/h1-4H3;3-4,7H2,1-2H3. The van der Waals surface area contributed by atoms with Crippen LogP contribution >= 0.6 is 0 Å². The molecule has 0 aromatic rings. The van der Waals surface area contributed by atoms with E-state index in [1.807, 2.05) is 20.4 Å². The third-order valence-corrected chi connectivity index (χ3v) is 5.06. The van der Waals surface area contributed by atoms with Crippen LogP contribution in [-0.4, -0.2) is 53.4 Å². The molecule has 94 valence electrons. The lowest BCUT2D eigenvalue weighted by atomic mass is 10.9. The SMILES string of the molecule is CCO[SiH2]OCC.CO[Si](C)(OC)OC. The van der Waals surface area contributed by atoms with E-state index >= 15 is 0 Å². The van der Waals surface area contributed by atoms with E-state index in [9.17, 15) is 0 Å². The molecule has 0 N–H and O–H groups in total. The highest BCUT2D eigenvalue weighted by Crippen LogP contribution is 2.02. The van der Waals surface area contributed by atoms with Gasteiger partial charge in [0.15, 0.2) is 0 Å². The van der Waals surface area contributed by atoms with Gasteiger partial charge in [0.1, 0.15) is 0 Å². The zero-order valence-corrected chi connectivity index (χ0v) is 13.1. The van der Waals surface area contributed by atoms with Crippen molar-refractivity contribution in [2.24, 2.45) is 0 Å². The molecule has 0 amide bonds. The van der Waals surface area contributed by atoms with Crippen LogP contribution in [0.15, 0.2) is 0 Å². The number of rotatable bonds is 7. The Labute approximate surface area is 96.4 Å². The molecule has 0 saturated heterocycles. The summed E-state index contributed by atoms with van der Waals surface area (Å²) in [6.07, 6.45) is 0. The maximum absolute atomic E-state index is 4.99. The fraction of sp³-hybridized carbons (Fsp3) is 1.00. The molecule has 15 heavy (non-hydrogen) atoms. The molecule has 0 aromatic heterocycles. The molecule has 7 heteroatoms. The van der Waals surface area contributed by atoms with Gasteiger partial charge in [-0.05, 0) is 13.8 Å². The van der Waals surface area contributed by atoms with E-state index in [4.69, 9.17) is 22.1 Å². The monoisotopic (exact) mass is 256 g/mol. The minimum atomic E-state index is -2.17. The van der Waals surface area contributed by atoms with E-state index in [0.717, 1.165) is 13.2 Å². The molecule has 0 spiro atoms. The molecule has 0 bridgehead atoms. The minimum absolute atomic E-state index is 0.589. The molecule has 5 nitrogen and oxygen atoms in total. The molecule has 0 unspecified atom stereocenters. The molecule has 0 aliphatic carbocycles. The summed E-state index contributed by atoms with van der Waals surface area (Å²) < 4.78 is 24.8. The molecule has 0 aromatic carbocycles. The van der Waals surface area contributed by atoms with Gasteiger partial charge in [0.25, 0.3) is 0 Å². The van der Waals surface area contributed by atoms with Crippen LogP contribution in [0.5, 0.6) is 0 Å². The highest BCUT2D eigenvalue weighted by atomic mass is 28.4. The molecule has 0 saturated carbocycles. The highest BCUT2D eigenvalue weighted by molar-refractivity contribution is 6.58. The Kier molecular flexibility index (Phi) is 14.5. The van der Waals surface area contributed by atoms with E-state index in [1.165, 1.54) is 0 Å². The van der Waals surface area contributed by atoms with Crippen molar-refractivity contribution >= 4 is 18.8 Å². The Balaban J connectivity index is 0. The van der Waals surface area contributed by atoms with E-state index < -0.39 is 18.8 Å². The predicted molar refractivity (Wildman–Crippen MR) is 64.4 cm³/mol. The fourth-order valence-corrected chi connectivity index (χ4v) is 1.43. The first kappa shape index (κ1) is 17.6. The van der Waals surface area contributed by atoms with Crippen molar-refractivity contribution in [1.29, 1.82) is 0 Å². The van der Waals surface area contributed by atoms with Crippen molar-refractivity contribution in [3.05, 3.63) is 0 Å². The van der Waals surface area contributed by atoms with Crippen LogP contribution in [0.3, 0.4) is 0 Å². The highest BCUT2D eigenvalue weighted by Gasteiger charge is 2.29. The maximum Gasteiger partial charge on any atom is 0.496 e. The lowest BCUT2D eigenvalue weighted by Crippen LogP contribution is -2.38. The summed E-state index contributed by atoms with van der Waals surface area (Å²) in [5.41, 5.74) is 0. The number of hydrogen-bond acceptors (Lipinski definition) is 5.